The number of rotatable bonds is 5. The van der Waals surface area contributed by atoms with Gasteiger partial charge in [0.25, 0.3) is 0 Å². The van der Waals surface area contributed by atoms with Crippen LogP contribution < -0.4 is 5.32 Å². The molecule has 2 aliphatic rings. The van der Waals surface area contributed by atoms with Gasteiger partial charge in [-0.05, 0) is 34.6 Å². The molecule has 146 valence electrons. The van der Waals surface area contributed by atoms with E-state index in [1.54, 1.807) is 0 Å². The Labute approximate surface area is 152 Å². The summed E-state index contributed by atoms with van der Waals surface area (Å²) in [6.07, 6.45) is -0.223. The van der Waals surface area contributed by atoms with Gasteiger partial charge in [0.1, 0.15) is 5.60 Å². The van der Waals surface area contributed by atoms with Crippen molar-refractivity contribution in [3.8, 4) is 0 Å². The van der Waals surface area contributed by atoms with Gasteiger partial charge in [0.15, 0.2) is 0 Å². The normalized spacial score (nSPS) is 28.8. The second-order valence-electron chi connectivity index (χ2n) is 7.97. The average Bonchev–Trinajstić information content (AvgIpc) is 2.54. The summed E-state index contributed by atoms with van der Waals surface area (Å²) in [4.78, 5) is 16.8. The molecular formula is C18H35N3O4. The van der Waals surface area contributed by atoms with Crippen LogP contribution in [0.1, 0.15) is 34.6 Å². The van der Waals surface area contributed by atoms with Gasteiger partial charge in [-0.3, -0.25) is 4.90 Å². The van der Waals surface area contributed by atoms with Crippen molar-refractivity contribution in [1.29, 1.82) is 0 Å². The van der Waals surface area contributed by atoms with E-state index in [-0.39, 0.29) is 24.2 Å². The number of ether oxygens (including phenoxy) is 3. The van der Waals surface area contributed by atoms with E-state index in [0.29, 0.717) is 19.8 Å². The third-order valence-corrected chi connectivity index (χ3v) is 4.60. The Hall–Kier alpha value is -0.890. The van der Waals surface area contributed by atoms with Crippen LogP contribution in [-0.4, -0.2) is 92.2 Å². The first-order chi connectivity index (χ1) is 11.8. The molecule has 0 aliphatic carbocycles. The van der Waals surface area contributed by atoms with Gasteiger partial charge in [-0.25, -0.2) is 4.79 Å². The van der Waals surface area contributed by atoms with Crippen LogP contribution in [0.15, 0.2) is 0 Å². The molecule has 0 aromatic carbocycles. The van der Waals surface area contributed by atoms with E-state index >= 15 is 0 Å². The zero-order valence-electron chi connectivity index (χ0n) is 16.4. The van der Waals surface area contributed by atoms with E-state index in [2.05, 4.69) is 17.1 Å². The van der Waals surface area contributed by atoms with Crippen molar-refractivity contribution in [3.05, 3.63) is 0 Å². The average molecular weight is 357 g/mol. The molecule has 0 unspecified atom stereocenters. The van der Waals surface area contributed by atoms with E-state index in [9.17, 15) is 4.79 Å². The van der Waals surface area contributed by atoms with Gasteiger partial charge in [-0.2, -0.15) is 0 Å². The quantitative estimate of drug-likeness (QED) is 0.801. The summed E-state index contributed by atoms with van der Waals surface area (Å²) in [7, 11) is 0. The molecule has 2 aliphatic heterocycles. The molecule has 0 aromatic rings. The fourth-order valence-electron chi connectivity index (χ4n) is 3.25. The third kappa shape index (κ3) is 6.40. The molecule has 0 aromatic heterocycles. The van der Waals surface area contributed by atoms with Crippen molar-refractivity contribution in [2.75, 3.05) is 52.6 Å². The topological polar surface area (TPSA) is 63.3 Å². The van der Waals surface area contributed by atoms with Crippen LogP contribution in [0, 0.1) is 0 Å². The largest absolute Gasteiger partial charge is 0.444 e. The van der Waals surface area contributed by atoms with Crippen molar-refractivity contribution < 1.29 is 19.0 Å². The van der Waals surface area contributed by atoms with E-state index in [1.165, 1.54) is 0 Å². The zero-order valence-corrected chi connectivity index (χ0v) is 16.4. The number of nitrogens with zero attached hydrogens (tertiary/aromatic N) is 2. The van der Waals surface area contributed by atoms with Gasteiger partial charge >= 0.3 is 6.09 Å². The monoisotopic (exact) mass is 357 g/mol. The molecule has 0 bridgehead atoms. The Balaban J connectivity index is 1.91. The van der Waals surface area contributed by atoms with Gasteiger partial charge in [0, 0.05) is 44.9 Å². The highest BCUT2D eigenvalue weighted by Gasteiger charge is 2.34. The van der Waals surface area contributed by atoms with Crippen LogP contribution in [0.25, 0.3) is 0 Å². The number of hydrogen-bond donors (Lipinski definition) is 1. The Kier molecular flexibility index (Phi) is 7.49. The highest BCUT2D eigenvalue weighted by atomic mass is 16.6. The summed E-state index contributed by atoms with van der Waals surface area (Å²) >= 11 is 0. The molecule has 7 heteroatoms. The van der Waals surface area contributed by atoms with Gasteiger partial charge in [0.05, 0.1) is 25.9 Å². The first-order valence-electron chi connectivity index (χ1n) is 9.42. The van der Waals surface area contributed by atoms with Crippen LogP contribution in [0.3, 0.4) is 0 Å². The van der Waals surface area contributed by atoms with Crippen molar-refractivity contribution in [2.45, 2.75) is 58.3 Å². The summed E-state index contributed by atoms with van der Waals surface area (Å²) in [5.41, 5.74) is -0.468. The molecule has 2 rings (SSSR count). The number of nitrogens with one attached hydrogen (secondary N) is 1. The molecule has 3 atom stereocenters. The number of carbonyl (C=O) groups excluding carboxylic acids is 1. The lowest BCUT2D eigenvalue weighted by atomic mass is 10.1. The maximum absolute atomic E-state index is 12.5. The lowest BCUT2D eigenvalue weighted by molar-refractivity contribution is -0.0484. The van der Waals surface area contributed by atoms with Gasteiger partial charge in [-0.15, -0.1) is 0 Å². The van der Waals surface area contributed by atoms with Crippen LogP contribution in [0.2, 0.25) is 0 Å². The van der Waals surface area contributed by atoms with Gasteiger partial charge in [0.2, 0.25) is 0 Å². The molecule has 0 radical (unpaired) electrons. The van der Waals surface area contributed by atoms with E-state index in [0.717, 1.165) is 32.8 Å². The minimum atomic E-state index is -0.468. The SMILES string of the molecule is CCOC[C@@H]1COCCN1C[C@H]1CN(C(=O)OC(C)(C)C)[C@H](C)CN1. The summed E-state index contributed by atoms with van der Waals surface area (Å²) in [5.74, 6) is 0. The number of piperazine rings is 1. The highest BCUT2D eigenvalue weighted by molar-refractivity contribution is 5.68. The fourth-order valence-corrected chi connectivity index (χ4v) is 3.25. The third-order valence-electron chi connectivity index (χ3n) is 4.60. The summed E-state index contributed by atoms with van der Waals surface area (Å²) in [6.45, 7) is 15.9. The molecular weight excluding hydrogens is 322 g/mol. The molecule has 2 fully saturated rings. The standard InChI is InChI=1S/C18H35N3O4/c1-6-23-12-16-13-24-8-7-20(16)10-15-11-21(14(2)9-19-15)17(22)25-18(3,4)5/h14-16,19H,6-13H2,1-5H3/t14-,15+,16-/m1/s1. The molecule has 0 saturated carbocycles. The van der Waals surface area contributed by atoms with Crippen LogP contribution >= 0.6 is 0 Å². The van der Waals surface area contributed by atoms with E-state index < -0.39 is 5.60 Å². The zero-order chi connectivity index (χ0) is 18.4. The van der Waals surface area contributed by atoms with Crippen LogP contribution in [0.4, 0.5) is 4.79 Å². The lowest BCUT2D eigenvalue weighted by Gasteiger charge is -2.43. The molecule has 1 N–H and O–H groups in total. The minimum Gasteiger partial charge on any atom is -0.444 e. The molecule has 0 spiro atoms. The molecule has 2 saturated heterocycles. The van der Waals surface area contributed by atoms with E-state index in [4.69, 9.17) is 14.2 Å². The number of carbonyl (C=O) groups is 1. The molecule has 7 nitrogen and oxygen atoms in total. The first kappa shape index (κ1) is 20.4. The van der Waals surface area contributed by atoms with Gasteiger partial charge < -0.3 is 24.4 Å². The highest BCUT2D eigenvalue weighted by Crippen LogP contribution is 2.16. The Morgan fingerprint density at radius 2 is 2.12 bits per heavy atom. The molecule has 1 amide bonds. The first-order valence-corrected chi connectivity index (χ1v) is 9.42. The molecule has 25 heavy (non-hydrogen) atoms. The van der Waals surface area contributed by atoms with Crippen LogP contribution in [0.5, 0.6) is 0 Å². The second kappa shape index (κ2) is 9.16. The van der Waals surface area contributed by atoms with Crippen molar-refractivity contribution in [1.82, 2.24) is 15.1 Å². The minimum absolute atomic E-state index is 0.134. The van der Waals surface area contributed by atoms with Crippen molar-refractivity contribution in [2.24, 2.45) is 0 Å². The van der Waals surface area contributed by atoms with Crippen molar-refractivity contribution >= 4 is 6.09 Å². The fraction of sp³-hybridized carbons (Fsp3) is 0.944. The lowest BCUT2D eigenvalue weighted by Crippen LogP contribution is -2.62. The Morgan fingerprint density at radius 1 is 1.36 bits per heavy atom. The smallest absolute Gasteiger partial charge is 0.410 e. The maximum atomic E-state index is 12.5. The maximum Gasteiger partial charge on any atom is 0.410 e. The van der Waals surface area contributed by atoms with Gasteiger partial charge in [-0.1, -0.05) is 0 Å². The predicted octanol–water partition coefficient (Wildman–Crippen LogP) is 1.32. The van der Waals surface area contributed by atoms with Crippen LogP contribution in [-0.2, 0) is 14.2 Å². The Morgan fingerprint density at radius 3 is 2.80 bits per heavy atom. The number of morpholine rings is 1. The molecule has 2 heterocycles. The summed E-state index contributed by atoms with van der Waals surface area (Å²) in [5, 5.41) is 3.57. The predicted molar refractivity (Wildman–Crippen MR) is 96.9 cm³/mol. The summed E-state index contributed by atoms with van der Waals surface area (Å²) in [6, 6.07) is 0.644. The Bertz CT molecular complexity index is 427. The second-order valence-corrected chi connectivity index (χ2v) is 7.97. The van der Waals surface area contributed by atoms with E-state index in [1.807, 2.05) is 32.6 Å². The number of hydrogen-bond acceptors (Lipinski definition) is 6. The summed E-state index contributed by atoms with van der Waals surface area (Å²) < 4.78 is 16.8. The van der Waals surface area contributed by atoms with Crippen molar-refractivity contribution in [3.63, 3.8) is 0 Å². The number of amides is 1.